The lowest BCUT2D eigenvalue weighted by molar-refractivity contribution is -0.116. The Labute approximate surface area is 131 Å². The summed E-state index contributed by atoms with van der Waals surface area (Å²) in [7, 11) is 0. The molecule has 0 aromatic heterocycles. The second-order valence-corrected chi connectivity index (χ2v) is 4.99. The van der Waals surface area contributed by atoms with E-state index in [1.54, 1.807) is 18.2 Å². The molecule has 0 spiro atoms. The minimum atomic E-state index is -0.0825. The van der Waals surface area contributed by atoms with Crippen molar-refractivity contribution in [1.82, 2.24) is 0 Å². The van der Waals surface area contributed by atoms with Gasteiger partial charge in [0.2, 0.25) is 5.91 Å². The first-order valence-electron chi connectivity index (χ1n) is 6.50. The highest BCUT2D eigenvalue weighted by Gasteiger charge is 2.09. The van der Waals surface area contributed by atoms with E-state index in [2.05, 4.69) is 5.32 Å². The first kappa shape index (κ1) is 19.0. The minimum Gasteiger partial charge on any atom is -0.491 e. The zero-order valence-corrected chi connectivity index (χ0v) is 13.4. The Hall–Kier alpha value is -0.970. The first-order chi connectivity index (χ1) is 9.02. The molecule has 1 atom stereocenters. The summed E-state index contributed by atoms with van der Waals surface area (Å²) in [4.78, 5) is 11.8. The van der Waals surface area contributed by atoms with Crippen LogP contribution in [-0.4, -0.2) is 18.6 Å². The zero-order chi connectivity index (χ0) is 14.3. The van der Waals surface area contributed by atoms with E-state index in [0.717, 1.165) is 6.42 Å². The standard InChI is InChI=1S/C14H21ClN2O2.ClH/c1-3-8-19-13-6-5-11(15)9-12(13)17-14(18)7-4-10(2)16;/h5-6,9-10H,3-4,7-8,16H2,1-2H3,(H,17,18);1H. The van der Waals surface area contributed by atoms with E-state index in [0.29, 0.717) is 35.9 Å². The molecule has 20 heavy (non-hydrogen) atoms. The predicted molar refractivity (Wildman–Crippen MR) is 86.0 cm³/mol. The van der Waals surface area contributed by atoms with Crippen LogP contribution in [0.25, 0.3) is 0 Å². The third kappa shape index (κ3) is 6.98. The van der Waals surface area contributed by atoms with Crippen molar-refractivity contribution >= 4 is 35.6 Å². The molecule has 0 heterocycles. The monoisotopic (exact) mass is 320 g/mol. The second kappa shape index (κ2) is 9.86. The molecule has 1 amide bonds. The number of nitrogens with one attached hydrogen (secondary N) is 1. The van der Waals surface area contributed by atoms with Crippen LogP contribution >= 0.6 is 24.0 Å². The molecule has 1 rings (SSSR count). The number of anilines is 1. The molecule has 0 radical (unpaired) electrons. The normalized spacial score (nSPS) is 11.4. The summed E-state index contributed by atoms with van der Waals surface area (Å²) in [5, 5.41) is 3.37. The molecule has 0 aliphatic rings. The molecule has 1 aromatic carbocycles. The Balaban J connectivity index is 0.00000361. The summed E-state index contributed by atoms with van der Waals surface area (Å²) in [5.74, 6) is 0.557. The van der Waals surface area contributed by atoms with E-state index in [1.165, 1.54) is 0 Å². The molecule has 1 aromatic rings. The zero-order valence-electron chi connectivity index (χ0n) is 11.8. The molecule has 0 bridgehead atoms. The summed E-state index contributed by atoms with van der Waals surface area (Å²) in [5.41, 5.74) is 6.24. The fourth-order valence-corrected chi connectivity index (χ4v) is 1.68. The van der Waals surface area contributed by atoms with Gasteiger partial charge in [-0.05, 0) is 38.0 Å². The van der Waals surface area contributed by atoms with Crippen LogP contribution in [0.2, 0.25) is 5.02 Å². The van der Waals surface area contributed by atoms with Crippen molar-refractivity contribution in [2.75, 3.05) is 11.9 Å². The van der Waals surface area contributed by atoms with Crippen molar-refractivity contribution in [2.45, 2.75) is 39.2 Å². The smallest absolute Gasteiger partial charge is 0.224 e. The van der Waals surface area contributed by atoms with Crippen LogP contribution in [0.5, 0.6) is 5.75 Å². The van der Waals surface area contributed by atoms with Crippen molar-refractivity contribution < 1.29 is 9.53 Å². The SMILES string of the molecule is CCCOc1ccc(Cl)cc1NC(=O)CCC(C)N.Cl. The van der Waals surface area contributed by atoms with Crippen LogP contribution in [0, 0.1) is 0 Å². The Bertz CT molecular complexity index is 426. The highest BCUT2D eigenvalue weighted by Crippen LogP contribution is 2.28. The van der Waals surface area contributed by atoms with Crippen molar-refractivity contribution in [1.29, 1.82) is 0 Å². The number of hydrogen-bond acceptors (Lipinski definition) is 3. The van der Waals surface area contributed by atoms with Gasteiger partial charge in [-0.25, -0.2) is 0 Å². The van der Waals surface area contributed by atoms with Gasteiger partial charge in [-0.15, -0.1) is 12.4 Å². The number of hydrogen-bond donors (Lipinski definition) is 2. The molecule has 0 aliphatic heterocycles. The van der Waals surface area contributed by atoms with Gasteiger partial charge in [0.1, 0.15) is 5.75 Å². The highest BCUT2D eigenvalue weighted by atomic mass is 35.5. The van der Waals surface area contributed by atoms with Gasteiger partial charge in [-0.1, -0.05) is 18.5 Å². The van der Waals surface area contributed by atoms with Crippen LogP contribution in [0.3, 0.4) is 0 Å². The molecule has 3 N–H and O–H groups in total. The van der Waals surface area contributed by atoms with Gasteiger partial charge in [0.25, 0.3) is 0 Å². The number of ether oxygens (including phenoxy) is 1. The molecular weight excluding hydrogens is 299 g/mol. The van der Waals surface area contributed by atoms with Gasteiger partial charge in [-0.2, -0.15) is 0 Å². The maximum Gasteiger partial charge on any atom is 0.224 e. The number of carbonyl (C=O) groups excluding carboxylic acids is 1. The summed E-state index contributed by atoms with van der Waals surface area (Å²) in [6.45, 7) is 4.50. The average Bonchev–Trinajstić information content (AvgIpc) is 2.35. The fraction of sp³-hybridized carbons (Fsp3) is 0.500. The maximum atomic E-state index is 11.8. The molecule has 1 unspecified atom stereocenters. The van der Waals surface area contributed by atoms with E-state index in [-0.39, 0.29) is 24.4 Å². The number of halogens is 2. The van der Waals surface area contributed by atoms with Crippen molar-refractivity contribution in [3.05, 3.63) is 23.2 Å². The Morgan fingerprint density at radius 1 is 1.50 bits per heavy atom. The summed E-state index contributed by atoms with van der Waals surface area (Å²) in [6.07, 6.45) is 1.94. The molecule has 0 fully saturated rings. The quantitative estimate of drug-likeness (QED) is 0.806. The van der Waals surface area contributed by atoms with E-state index in [1.807, 2.05) is 13.8 Å². The number of benzene rings is 1. The van der Waals surface area contributed by atoms with Crippen LogP contribution < -0.4 is 15.8 Å². The number of amides is 1. The van der Waals surface area contributed by atoms with Gasteiger partial charge >= 0.3 is 0 Å². The summed E-state index contributed by atoms with van der Waals surface area (Å²) in [6, 6.07) is 5.21. The van der Waals surface area contributed by atoms with E-state index in [9.17, 15) is 4.79 Å². The molecular formula is C14H22Cl2N2O2. The largest absolute Gasteiger partial charge is 0.491 e. The Morgan fingerprint density at radius 3 is 2.80 bits per heavy atom. The van der Waals surface area contributed by atoms with Gasteiger partial charge in [0.05, 0.1) is 12.3 Å². The maximum absolute atomic E-state index is 11.8. The van der Waals surface area contributed by atoms with Crippen molar-refractivity contribution in [3.8, 4) is 5.75 Å². The van der Waals surface area contributed by atoms with Crippen LogP contribution in [0.15, 0.2) is 18.2 Å². The number of rotatable bonds is 7. The molecule has 0 saturated carbocycles. The predicted octanol–water partition coefficient (Wildman–Crippen LogP) is 3.62. The molecule has 6 heteroatoms. The van der Waals surface area contributed by atoms with Crippen molar-refractivity contribution in [3.63, 3.8) is 0 Å². The lowest BCUT2D eigenvalue weighted by Gasteiger charge is -2.13. The third-order valence-corrected chi connectivity index (χ3v) is 2.74. The lowest BCUT2D eigenvalue weighted by atomic mass is 10.2. The van der Waals surface area contributed by atoms with Crippen LogP contribution in [-0.2, 0) is 4.79 Å². The van der Waals surface area contributed by atoms with Gasteiger partial charge < -0.3 is 15.8 Å². The third-order valence-electron chi connectivity index (χ3n) is 2.50. The van der Waals surface area contributed by atoms with Crippen molar-refractivity contribution in [2.24, 2.45) is 5.73 Å². The average molecular weight is 321 g/mol. The molecule has 114 valence electrons. The van der Waals surface area contributed by atoms with Gasteiger partial charge in [0, 0.05) is 17.5 Å². The highest BCUT2D eigenvalue weighted by molar-refractivity contribution is 6.31. The fourth-order valence-electron chi connectivity index (χ4n) is 1.51. The summed E-state index contributed by atoms with van der Waals surface area (Å²) < 4.78 is 5.57. The molecule has 0 aliphatic carbocycles. The van der Waals surface area contributed by atoms with Crippen LogP contribution in [0.4, 0.5) is 5.69 Å². The van der Waals surface area contributed by atoms with E-state index in [4.69, 9.17) is 22.1 Å². The Kier molecular flexibility index (Phi) is 9.38. The second-order valence-electron chi connectivity index (χ2n) is 4.55. The number of carbonyl (C=O) groups is 1. The van der Waals surface area contributed by atoms with Gasteiger partial charge in [-0.3, -0.25) is 4.79 Å². The first-order valence-corrected chi connectivity index (χ1v) is 6.88. The lowest BCUT2D eigenvalue weighted by Crippen LogP contribution is -2.19. The summed E-state index contributed by atoms with van der Waals surface area (Å²) >= 11 is 5.93. The Morgan fingerprint density at radius 2 is 2.20 bits per heavy atom. The molecule has 4 nitrogen and oxygen atoms in total. The number of nitrogens with two attached hydrogens (primary N) is 1. The van der Waals surface area contributed by atoms with E-state index >= 15 is 0 Å². The van der Waals surface area contributed by atoms with Gasteiger partial charge in [0.15, 0.2) is 0 Å². The molecule has 0 saturated heterocycles. The topological polar surface area (TPSA) is 64.3 Å². The minimum absolute atomic E-state index is 0. The van der Waals surface area contributed by atoms with Crippen LogP contribution in [0.1, 0.15) is 33.1 Å². The van der Waals surface area contributed by atoms with E-state index < -0.39 is 0 Å².